The summed E-state index contributed by atoms with van der Waals surface area (Å²) in [6, 6.07) is 0. The molecule has 2 aliphatic carbocycles. The number of rotatable bonds is 5. The Kier molecular flexibility index (Phi) is 4.28. The molecule has 3 atom stereocenters. The van der Waals surface area contributed by atoms with Crippen molar-refractivity contribution in [3.63, 3.8) is 0 Å². The average molecular weight is 288 g/mol. The molecule has 2 fully saturated rings. The van der Waals surface area contributed by atoms with E-state index in [1.807, 2.05) is 11.9 Å². The standard InChI is InChI=1S/C13H22BrNO/c1-15(6-2-5-14)13(16)9-12-8-10-3-4-11(12)7-10/h10-12H,2-9H2,1H3. The summed E-state index contributed by atoms with van der Waals surface area (Å²) in [5, 5.41) is 0.985. The molecule has 0 aromatic rings. The van der Waals surface area contributed by atoms with Crippen molar-refractivity contribution in [3.05, 3.63) is 0 Å². The molecule has 2 nitrogen and oxygen atoms in total. The van der Waals surface area contributed by atoms with Crippen LogP contribution < -0.4 is 0 Å². The van der Waals surface area contributed by atoms with Crippen LogP contribution in [0.4, 0.5) is 0 Å². The Morgan fingerprint density at radius 2 is 2.19 bits per heavy atom. The van der Waals surface area contributed by atoms with E-state index in [9.17, 15) is 4.79 Å². The van der Waals surface area contributed by atoms with Gasteiger partial charge in [0, 0.05) is 25.3 Å². The zero-order valence-corrected chi connectivity index (χ0v) is 11.7. The number of carbonyl (C=O) groups is 1. The number of fused-ring (bicyclic) bond motifs is 2. The van der Waals surface area contributed by atoms with Crippen LogP contribution in [0.5, 0.6) is 0 Å². The molecular formula is C13H22BrNO. The summed E-state index contributed by atoms with van der Waals surface area (Å²) in [5.41, 5.74) is 0. The molecule has 1 amide bonds. The van der Waals surface area contributed by atoms with Crippen LogP contribution in [0.1, 0.15) is 38.5 Å². The molecule has 0 spiro atoms. The zero-order chi connectivity index (χ0) is 11.5. The van der Waals surface area contributed by atoms with Gasteiger partial charge >= 0.3 is 0 Å². The van der Waals surface area contributed by atoms with Crippen molar-refractivity contribution in [1.29, 1.82) is 0 Å². The minimum Gasteiger partial charge on any atom is -0.346 e. The third kappa shape index (κ3) is 2.79. The Morgan fingerprint density at radius 3 is 2.75 bits per heavy atom. The van der Waals surface area contributed by atoms with Gasteiger partial charge in [-0.05, 0) is 43.4 Å². The summed E-state index contributed by atoms with van der Waals surface area (Å²) in [6.07, 6.45) is 7.40. The van der Waals surface area contributed by atoms with Gasteiger partial charge in [0.15, 0.2) is 0 Å². The van der Waals surface area contributed by atoms with E-state index < -0.39 is 0 Å². The normalized spacial score (nSPS) is 32.0. The van der Waals surface area contributed by atoms with Crippen LogP contribution in [0, 0.1) is 17.8 Å². The first-order chi connectivity index (χ1) is 7.70. The summed E-state index contributed by atoms with van der Waals surface area (Å²) < 4.78 is 0. The molecule has 2 bridgehead atoms. The Bertz CT molecular complexity index is 256. The van der Waals surface area contributed by atoms with Crippen LogP contribution in [0.3, 0.4) is 0 Å². The van der Waals surface area contributed by atoms with Crippen molar-refractivity contribution >= 4 is 21.8 Å². The van der Waals surface area contributed by atoms with Crippen LogP contribution in [0.2, 0.25) is 0 Å². The number of hydrogen-bond acceptors (Lipinski definition) is 1. The largest absolute Gasteiger partial charge is 0.346 e. The van der Waals surface area contributed by atoms with E-state index in [1.54, 1.807) is 0 Å². The molecule has 0 N–H and O–H groups in total. The zero-order valence-electron chi connectivity index (χ0n) is 10.1. The van der Waals surface area contributed by atoms with Gasteiger partial charge in [-0.15, -0.1) is 0 Å². The summed E-state index contributed by atoms with van der Waals surface area (Å²) in [6.45, 7) is 0.894. The Balaban J connectivity index is 1.74. The predicted molar refractivity (Wildman–Crippen MR) is 69.6 cm³/mol. The maximum absolute atomic E-state index is 12.0. The second kappa shape index (κ2) is 5.52. The molecule has 0 heterocycles. The number of alkyl halides is 1. The van der Waals surface area contributed by atoms with Crippen LogP contribution in [0.25, 0.3) is 0 Å². The molecule has 0 aromatic carbocycles. The highest BCUT2D eigenvalue weighted by Gasteiger charge is 2.40. The molecule has 0 aliphatic heterocycles. The SMILES string of the molecule is CN(CCCBr)C(=O)CC1CC2CCC1C2. The lowest BCUT2D eigenvalue weighted by atomic mass is 9.86. The molecule has 3 heteroatoms. The monoisotopic (exact) mass is 287 g/mol. The van der Waals surface area contributed by atoms with Crippen LogP contribution >= 0.6 is 15.9 Å². The molecule has 0 saturated heterocycles. The topological polar surface area (TPSA) is 20.3 Å². The van der Waals surface area contributed by atoms with Crippen molar-refractivity contribution in [2.45, 2.75) is 38.5 Å². The quantitative estimate of drug-likeness (QED) is 0.712. The predicted octanol–water partition coefficient (Wildman–Crippen LogP) is 3.06. The highest BCUT2D eigenvalue weighted by Crippen LogP contribution is 2.49. The molecule has 16 heavy (non-hydrogen) atoms. The summed E-state index contributed by atoms with van der Waals surface area (Å²) >= 11 is 3.40. The van der Waals surface area contributed by atoms with Crippen LogP contribution in [-0.4, -0.2) is 29.7 Å². The number of hydrogen-bond donors (Lipinski definition) is 0. The third-order valence-corrected chi connectivity index (χ3v) is 4.93. The molecule has 2 aliphatic rings. The van der Waals surface area contributed by atoms with E-state index in [-0.39, 0.29) is 0 Å². The van der Waals surface area contributed by atoms with Crippen LogP contribution in [0.15, 0.2) is 0 Å². The van der Waals surface area contributed by atoms with Gasteiger partial charge in [-0.2, -0.15) is 0 Å². The number of amides is 1. The van der Waals surface area contributed by atoms with E-state index in [0.29, 0.717) is 11.8 Å². The minimum absolute atomic E-state index is 0.360. The number of carbonyl (C=O) groups excluding carboxylic acids is 1. The van der Waals surface area contributed by atoms with E-state index in [4.69, 9.17) is 0 Å². The van der Waals surface area contributed by atoms with Gasteiger partial charge in [-0.25, -0.2) is 0 Å². The summed E-state index contributed by atoms with van der Waals surface area (Å²) in [4.78, 5) is 13.9. The van der Waals surface area contributed by atoms with Crippen LogP contribution in [-0.2, 0) is 4.79 Å². The lowest BCUT2D eigenvalue weighted by molar-refractivity contribution is -0.131. The lowest BCUT2D eigenvalue weighted by Crippen LogP contribution is -2.30. The van der Waals surface area contributed by atoms with Gasteiger partial charge in [0.2, 0.25) is 5.91 Å². The first-order valence-electron chi connectivity index (χ1n) is 6.50. The fourth-order valence-electron chi connectivity index (χ4n) is 3.43. The second-order valence-electron chi connectivity index (χ2n) is 5.50. The Morgan fingerprint density at radius 1 is 1.38 bits per heavy atom. The average Bonchev–Trinajstić information content (AvgIpc) is 2.87. The van der Waals surface area contributed by atoms with Crippen molar-refractivity contribution in [1.82, 2.24) is 4.90 Å². The van der Waals surface area contributed by atoms with Crippen molar-refractivity contribution in [2.24, 2.45) is 17.8 Å². The van der Waals surface area contributed by atoms with Gasteiger partial charge in [0.05, 0.1) is 0 Å². The van der Waals surface area contributed by atoms with E-state index in [2.05, 4.69) is 15.9 Å². The molecule has 0 aromatic heterocycles. The maximum Gasteiger partial charge on any atom is 0.222 e. The summed E-state index contributed by atoms with van der Waals surface area (Å²) in [5.74, 6) is 2.89. The molecule has 3 unspecified atom stereocenters. The molecule has 92 valence electrons. The van der Waals surface area contributed by atoms with Gasteiger partial charge < -0.3 is 4.90 Å². The van der Waals surface area contributed by atoms with Crippen molar-refractivity contribution < 1.29 is 4.79 Å². The summed E-state index contributed by atoms with van der Waals surface area (Å²) in [7, 11) is 1.94. The highest BCUT2D eigenvalue weighted by atomic mass is 79.9. The Hall–Kier alpha value is -0.0500. The molecule has 0 radical (unpaired) electrons. The smallest absolute Gasteiger partial charge is 0.222 e. The lowest BCUT2D eigenvalue weighted by Gasteiger charge is -2.24. The van der Waals surface area contributed by atoms with Gasteiger partial charge in [-0.1, -0.05) is 22.4 Å². The highest BCUT2D eigenvalue weighted by molar-refractivity contribution is 9.09. The van der Waals surface area contributed by atoms with Crippen molar-refractivity contribution in [2.75, 3.05) is 18.9 Å². The maximum atomic E-state index is 12.0. The first kappa shape index (κ1) is 12.4. The number of halogens is 1. The fourth-order valence-corrected chi connectivity index (χ4v) is 3.68. The second-order valence-corrected chi connectivity index (χ2v) is 6.29. The van der Waals surface area contributed by atoms with E-state index in [1.165, 1.54) is 25.7 Å². The molecule has 2 saturated carbocycles. The van der Waals surface area contributed by atoms with E-state index >= 15 is 0 Å². The first-order valence-corrected chi connectivity index (χ1v) is 7.62. The van der Waals surface area contributed by atoms with Gasteiger partial charge in [-0.3, -0.25) is 4.79 Å². The molecule has 2 rings (SSSR count). The van der Waals surface area contributed by atoms with Gasteiger partial charge in [0.1, 0.15) is 0 Å². The minimum atomic E-state index is 0.360. The van der Waals surface area contributed by atoms with Crippen molar-refractivity contribution in [3.8, 4) is 0 Å². The van der Waals surface area contributed by atoms with E-state index in [0.717, 1.165) is 36.6 Å². The Labute approximate surface area is 107 Å². The number of nitrogens with zero attached hydrogens (tertiary/aromatic N) is 1. The molecular weight excluding hydrogens is 266 g/mol. The third-order valence-electron chi connectivity index (χ3n) is 4.37. The van der Waals surface area contributed by atoms with Gasteiger partial charge in [0.25, 0.3) is 0 Å². The fraction of sp³-hybridized carbons (Fsp3) is 0.923.